The van der Waals surface area contributed by atoms with Crippen LogP contribution in [0.4, 0.5) is 5.69 Å². The lowest BCUT2D eigenvalue weighted by molar-refractivity contribution is -0.142. The summed E-state index contributed by atoms with van der Waals surface area (Å²) in [4.78, 5) is 12.8. The zero-order valence-electron chi connectivity index (χ0n) is 9.89. The van der Waals surface area contributed by atoms with E-state index in [2.05, 4.69) is 4.74 Å². The van der Waals surface area contributed by atoms with Crippen molar-refractivity contribution in [2.45, 2.75) is 12.5 Å². The number of nitrogens with zero attached hydrogens (tertiary/aromatic N) is 1. The van der Waals surface area contributed by atoms with Crippen molar-refractivity contribution in [3.8, 4) is 0 Å². The Morgan fingerprint density at radius 3 is 2.59 bits per heavy atom. The average molecular weight is 258 g/mol. The fourth-order valence-corrected chi connectivity index (χ4v) is 1.58. The van der Waals surface area contributed by atoms with Gasteiger partial charge in [-0.15, -0.1) is 0 Å². The van der Waals surface area contributed by atoms with E-state index in [4.69, 9.17) is 11.6 Å². The largest absolute Gasteiger partial charge is 0.469 e. The number of halogens is 1. The number of methoxy groups -OCH3 is 1. The zero-order valence-corrected chi connectivity index (χ0v) is 10.6. The van der Waals surface area contributed by atoms with Crippen molar-refractivity contribution in [3.63, 3.8) is 0 Å². The van der Waals surface area contributed by atoms with Crippen LogP contribution in [0.15, 0.2) is 24.3 Å². The molecule has 1 aromatic carbocycles. The molecule has 1 aromatic rings. The van der Waals surface area contributed by atoms with E-state index in [1.165, 1.54) is 7.11 Å². The molecular formula is C12H16ClNO3. The predicted octanol–water partition coefficient (Wildman–Crippen LogP) is 1.70. The molecule has 0 fully saturated rings. The Hall–Kier alpha value is -1.26. The van der Waals surface area contributed by atoms with Crippen LogP contribution in [0.5, 0.6) is 0 Å². The van der Waals surface area contributed by atoms with E-state index in [1.54, 1.807) is 12.1 Å². The summed E-state index contributed by atoms with van der Waals surface area (Å²) in [5, 5.41) is 10.3. The molecule has 0 aromatic heterocycles. The van der Waals surface area contributed by atoms with E-state index in [0.29, 0.717) is 11.6 Å². The summed E-state index contributed by atoms with van der Waals surface area (Å²) in [7, 11) is 3.14. The molecule has 94 valence electrons. The summed E-state index contributed by atoms with van der Waals surface area (Å²) >= 11 is 5.78. The van der Waals surface area contributed by atoms with E-state index in [9.17, 15) is 9.90 Å². The number of aliphatic hydroxyl groups is 1. The third-order valence-electron chi connectivity index (χ3n) is 2.38. The Morgan fingerprint density at radius 2 is 2.06 bits per heavy atom. The molecule has 4 nitrogen and oxygen atoms in total. The van der Waals surface area contributed by atoms with E-state index >= 15 is 0 Å². The second kappa shape index (κ2) is 6.47. The molecule has 1 N–H and O–H groups in total. The number of esters is 1. The second-order valence-corrected chi connectivity index (χ2v) is 4.23. The third kappa shape index (κ3) is 4.63. The van der Waals surface area contributed by atoms with Crippen molar-refractivity contribution in [2.75, 3.05) is 25.6 Å². The first-order valence-electron chi connectivity index (χ1n) is 5.24. The van der Waals surface area contributed by atoms with Gasteiger partial charge >= 0.3 is 5.97 Å². The van der Waals surface area contributed by atoms with Crippen molar-refractivity contribution in [1.29, 1.82) is 0 Å². The quantitative estimate of drug-likeness (QED) is 0.816. The molecule has 0 amide bonds. The Morgan fingerprint density at radius 1 is 1.47 bits per heavy atom. The molecule has 1 rings (SSSR count). The van der Waals surface area contributed by atoms with Gasteiger partial charge in [0, 0.05) is 24.3 Å². The Labute approximate surface area is 106 Å². The Kier molecular flexibility index (Phi) is 5.25. The molecule has 1 unspecified atom stereocenters. The zero-order chi connectivity index (χ0) is 12.8. The van der Waals surface area contributed by atoms with Gasteiger partial charge in [-0.05, 0) is 24.3 Å². The van der Waals surface area contributed by atoms with E-state index in [-0.39, 0.29) is 6.42 Å². The van der Waals surface area contributed by atoms with Crippen LogP contribution in [-0.2, 0) is 9.53 Å². The molecular weight excluding hydrogens is 242 g/mol. The van der Waals surface area contributed by atoms with Crippen molar-refractivity contribution in [3.05, 3.63) is 29.3 Å². The Balaban J connectivity index is 2.51. The van der Waals surface area contributed by atoms with E-state index in [1.807, 2.05) is 24.1 Å². The van der Waals surface area contributed by atoms with Crippen LogP contribution in [0.3, 0.4) is 0 Å². The molecule has 0 spiro atoms. The van der Waals surface area contributed by atoms with Crippen molar-refractivity contribution < 1.29 is 14.6 Å². The minimum Gasteiger partial charge on any atom is -0.469 e. The number of rotatable bonds is 5. The summed E-state index contributed by atoms with van der Waals surface area (Å²) in [5.74, 6) is -0.415. The molecule has 0 aliphatic rings. The van der Waals surface area contributed by atoms with Crippen LogP contribution < -0.4 is 4.90 Å². The lowest BCUT2D eigenvalue weighted by Gasteiger charge is -2.22. The van der Waals surface area contributed by atoms with Gasteiger partial charge in [0.2, 0.25) is 0 Å². The molecule has 0 saturated heterocycles. The predicted molar refractivity (Wildman–Crippen MR) is 67.4 cm³/mol. The minimum atomic E-state index is -0.747. The Bertz CT molecular complexity index is 367. The number of ether oxygens (including phenoxy) is 1. The first-order valence-corrected chi connectivity index (χ1v) is 5.62. The van der Waals surface area contributed by atoms with Gasteiger partial charge in [0.05, 0.1) is 19.6 Å². The van der Waals surface area contributed by atoms with Gasteiger partial charge in [-0.25, -0.2) is 0 Å². The van der Waals surface area contributed by atoms with Crippen LogP contribution in [-0.4, -0.2) is 37.9 Å². The van der Waals surface area contributed by atoms with Crippen LogP contribution in [0.2, 0.25) is 5.02 Å². The van der Waals surface area contributed by atoms with Gasteiger partial charge < -0.3 is 14.7 Å². The molecule has 0 saturated carbocycles. The molecule has 0 radical (unpaired) electrons. The molecule has 0 heterocycles. The van der Waals surface area contributed by atoms with Gasteiger partial charge in [-0.1, -0.05) is 11.6 Å². The maximum absolute atomic E-state index is 11.0. The second-order valence-electron chi connectivity index (χ2n) is 3.79. The van der Waals surface area contributed by atoms with Gasteiger partial charge in [-0.3, -0.25) is 4.79 Å². The lowest BCUT2D eigenvalue weighted by atomic mass is 10.2. The van der Waals surface area contributed by atoms with Crippen LogP contribution in [0.25, 0.3) is 0 Å². The molecule has 0 bridgehead atoms. The minimum absolute atomic E-state index is 0.00553. The van der Waals surface area contributed by atoms with Gasteiger partial charge in [-0.2, -0.15) is 0 Å². The monoisotopic (exact) mass is 257 g/mol. The lowest BCUT2D eigenvalue weighted by Crippen LogP contribution is -2.30. The van der Waals surface area contributed by atoms with Crippen molar-refractivity contribution >= 4 is 23.3 Å². The highest BCUT2D eigenvalue weighted by Crippen LogP contribution is 2.17. The van der Waals surface area contributed by atoms with E-state index in [0.717, 1.165) is 5.69 Å². The van der Waals surface area contributed by atoms with Crippen molar-refractivity contribution in [2.24, 2.45) is 0 Å². The number of carbonyl (C=O) groups is 1. The summed E-state index contributed by atoms with van der Waals surface area (Å²) in [5.41, 5.74) is 0.929. The van der Waals surface area contributed by atoms with E-state index < -0.39 is 12.1 Å². The highest BCUT2D eigenvalue weighted by atomic mass is 35.5. The number of hydrogen-bond acceptors (Lipinski definition) is 4. The van der Waals surface area contributed by atoms with Gasteiger partial charge in [0.15, 0.2) is 0 Å². The SMILES string of the molecule is COC(=O)CC(O)CN(C)c1ccc(Cl)cc1. The summed E-state index contributed by atoms with van der Waals surface area (Å²) in [6.07, 6.45) is -0.753. The normalized spacial score (nSPS) is 12.0. The summed E-state index contributed by atoms with van der Waals surface area (Å²) in [6, 6.07) is 7.26. The smallest absolute Gasteiger partial charge is 0.308 e. The topological polar surface area (TPSA) is 49.8 Å². The maximum atomic E-state index is 11.0. The molecule has 17 heavy (non-hydrogen) atoms. The fraction of sp³-hybridized carbons (Fsp3) is 0.417. The molecule has 0 aliphatic heterocycles. The number of benzene rings is 1. The number of likely N-dealkylation sites (N-methyl/N-ethyl adjacent to an activating group) is 1. The van der Waals surface area contributed by atoms with Crippen LogP contribution in [0, 0.1) is 0 Å². The number of carbonyl (C=O) groups excluding carboxylic acids is 1. The fourth-order valence-electron chi connectivity index (χ4n) is 1.46. The van der Waals surface area contributed by atoms with Crippen LogP contribution >= 0.6 is 11.6 Å². The first kappa shape index (κ1) is 13.8. The summed E-state index contributed by atoms with van der Waals surface area (Å²) < 4.78 is 4.49. The van der Waals surface area contributed by atoms with Crippen molar-refractivity contribution in [1.82, 2.24) is 0 Å². The maximum Gasteiger partial charge on any atom is 0.308 e. The molecule has 1 atom stereocenters. The molecule has 0 aliphatic carbocycles. The summed E-state index contributed by atoms with van der Waals surface area (Å²) in [6.45, 7) is 0.358. The average Bonchev–Trinajstić information content (AvgIpc) is 2.29. The third-order valence-corrected chi connectivity index (χ3v) is 2.63. The van der Waals surface area contributed by atoms with Gasteiger partial charge in [0.25, 0.3) is 0 Å². The first-order chi connectivity index (χ1) is 8.02. The standard InChI is InChI=1S/C12H16ClNO3/c1-14(8-11(15)7-12(16)17-2)10-5-3-9(13)4-6-10/h3-6,11,15H,7-8H2,1-2H3. The number of aliphatic hydroxyl groups excluding tert-OH is 1. The highest BCUT2D eigenvalue weighted by Gasteiger charge is 2.13. The molecule has 5 heteroatoms. The highest BCUT2D eigenvalue weighted by molar-refractivity contribution is 6.30. The van der Waals surface area contributed by atoms with Crippen LogP contribution in [0.1, 0.15) is 6.42 Å². The van der Waals surface area contributed by atoms with Gasteiger partial charge in [0.1, 0.15) is 0 Å². The number of hydrogen-bond donors (Lipinski definition) is 1. The number of anilines is 1.